The van der Waals surface area contributed by atoms with Crippen LogP contribution in [0.25, 0.3) is 0 Å². The summed E-state index contributed by atoms with van der Waals surface area (Å²) in [4.78, 5) is 3.91. The van der Waals surface area contributed by atoms with E-state index in [9.17, 15) is 4.39 Å². The SMILES string of the molecule is Fc1ccncc1C1CCCN1. The van der Waals surface area contributed by atoms with Crippen molar-refractivity contribution in [1.29, 1.82) is 0 Å². The maximum atomic E-state index is 13.2. The minimum absolute atomic E-state index is 0.149. The molecule has 0 saturated carbocycles. The first-order valence-corrected chi connectivity index (χ1v) is 4.21. The Morgan fingerprint density at radius 1 is 1.58 bits per heavy atom. The highest BCUT2D eigenvalue weighted by atomic mass is 19.1. The summed E-state index contributed by atoms with van der Waals surface area (Å²) < 4.78 is 13.2. The summed E-state index contributed by atoms with van der Waals surface area (Å²) in [7, 11) is 0. The molecule has 12 heavy (non-hydrogen) atoms. The van der Waals surface area contributed by atoms with E-state index >= 15 is 0 Å². The second kappa shape index (κ2) is 3.19. The van der Waals surface area contributed by atoms with E-state index in [-0.39, 0.29) is 11.9 Å². The van der Waals surface area contributed by atoms with Crippen molar-refractivity contribution in [1.82, 2.24) is 10.3 Å². The highest BCUT2D eigenvalue weighted by molar-refractivity contribution is 5.17. The van der Waals surface area contributed by atoms with E-state index in [1.807, 2.05) is 0 Å². The van der Waals surface area contributed by atoms with Gasteiger partial charge in [0.15, 0.2) is 0 Å². The maximum absolute atomic E-state index is 13.2. The molecule has 2 heterocycles. The van der Waals surface area contributed by atoms with Gasteiger partial charge in [-0.25, -0.2) is 4.39 Å². The van der Waals surface area contributed by atoms with Gasteiger partial charge in [-0.2, -0.15) is 0 Å². The molecule has 2 nitrogen and oxygen atoms in total. The first-order chi connectivity index (χ1) is 5.88. The quantitative estimate of drug-likeness (QED) is 0.686. The predicted octanol–water partition coefficient (Wildman–Crippen LogP) is 1.65. The van der Waals surface area contributed by atoms with Crippen molar-refractivity contribution in [2.45, 2.75) is 18.9 Å². The average Bonchev–Trinajstić information content (AvgIpc) is 2.57. The molecule has 1 aromatic rings. The van der Waals surface area contributed by atoms with Gasteiger partial charge in [-0.15, -0.1) is 0 Å². The molecular formula is C9H11FN2. The van der Waals surface area contributed by atoms with E-state index in [0.29, 0.717) is 5.56 Å². The van der Waals surface area contributed by atoms with Crippen LogP contribution in [0.4, 0.5) is 4.39 Å². The van der Waals surface area contributed by atoms with Gasteiger partial charge in [-0.1, -0.05) is 0 Å². The van der Waals surface area contributed by atoms with E-state index in [2.05, 4.69) is 10.3 Å². The fourth-order valence-corrected chi connectivity index (χ4v) is 1.60. The van der Waals surface area contributed by atoms with Gasteiger partial charge in [0.05, 0.1) is 0 Å². The van der Waals surface area contributed by atoms with Crippen molar-refractivity contribution < 1.29 is 4.39 Å². The number of nitrogens with one attached hydrogen (secondary N) is 1. The molecule has 0 aliphatic carbocycles. The number of rotatable bonds is 1. The second-order valence-electron chi connectivity index (χ2n) is 3.05. The van der Waals surface area contributed by atoms with Crippen molar-refractivity contribution >= 4 is 0 Å². The number of hydrogen-bond acceptors (Lipinski definition) is 2. The van der Waals surface area contributed by atoms with E-state index in [1.165, 1.54) is 12.3 Å². The Morgan fingerprint density at radius 3 is 3.17 bits per heavy atom. The molecule has 2 rings (SSSR count). The van der Waals surface area contributed by atoms with Gasteiger partial charge in [0.2, 0.25) is 0 Å². The molecule has 1 aliphatic rings. The lowest BCUT2D eigenvalue weighted by Crippen LogP contribution is -2.14. The summed E-state index contributed by atoms with van der Waals surface area (Å²) in [5.41, 5.74) is 0.704. The van der Waals surface area contributed by atoms with Crippen LogP contribution in [0.5, 0.6) is 0 Å². The molecule has 0 bridgehead atoms. The third-order valence-corrected chi connectivity index (χ3v) is 2.23. The molecule has 1 saturated heterocycles. The van der Waals surface area contributed by atoms with Crippen LogP contribution in [-0.2, 0) is 0 Å². The first-order valence-electron chi connectivity index (χ1n) is 4.21. The van der Waals surface area contributed by atoms with Crippen LogP contribution < -0.4 is 5.32 Å². The van der Waals surface area contributed by atoms with Crippen molar-refractivity contribution in [3.8, 4) is 0 Å². The molecular weight excluding hydrogens is 155 g/mol. The summed E-state index contributed by atoms with van der Waals surface area (Å²) in [5.74, 6) is -0.149. The van der Waals surface area contributed by atoms with Crippen LogP contribution in [-0.4, -0.2) is 11.5 Å². The van der Waals surface area contributed by atoms with Crippen molar-refractivity contribution in [3.05, 3.63) is 29.8 Å². The third-order valence-electron chi connectivity index (χ3n) is 2.23. The van der Waals surface area contributed by atoms with Gasteiger partial charge >= 0.3 is 0 Å². The summed E-state index contributed by atoms with van der Waals surface area (Å²) in [6.07, 6.45) is 5.23. The van der Waals surface area contributed by atoms with E-state index in [4.69, 9.17) is 0 Å². The van der Waals surface area contributed by atoms with Crippen molar-refractivity contribution in [3.63, 3.8) is 0 Å². The Morgan fingerprint density at radius 2 is 2.50 bits per heavy atom. The van der Waals surface area contributed by atoms with Crippen molar-refractivity contribution in [2.24, 2.45) is 0 Å². The largest absolute Gasteiger partial charge is 0.310 e. The lowest BCUT2D eigenvalue weighted by atomic mass is 10.1. The van der Waals surface area contributed by atoms with Gasteiger partial charge in [0.25, 0.3) is 0 Å². The minimum Gasteiger partial charge on any atom is -0.310 e. The third kappa shape index (κ3) is 1.32. The molecule has 1 aliphatic heterocycles. The molecule has 0 amide bonds. The Bertz CT molecular complexity index is 269. The van der Waals surface area contributed by atoms with Crippen LogP contribution in [0.3, 0.4) is 0 Å². The van der Waals surface area contributed by atoms with Gasteiger partial charge in [-0.3, -0.25) is 4.98 Å². The zero-order chi connectivity index (χ0) is 8.39. The van der Waals surface area contributed by atoms with Gasteiger partial charge in [0.1, 0.15) is 5.82 Å². The topological polar surface area (TPSA) is 24.9 Å². The molecule has 1 N–H and O–H groups in total. The Hall–Kier alpha value is -0.960. The van der Waals surface area contributed by atoms with Crippen LogP contribution in [0, 0.1) is 5.82 Å². The number of nitrogens with zero attached hydrogens (tertiary/aromatic N) is 1. The van der Waals surface area contributed by atoms with Crippen LogP contribution >= 0.6 is 0 Å². The summed E-state index contributed by atoms with van der Waals surface area (Å²) >= 11 is 0. The number of pyridine rings is 1. The van der Waals surface area contributed by atoms with Gasteiger partial charge in [-0.05, 0) is 25.5 Å². The number of aromatic nitrogens is 1. The minimum atomic E-state index is -0.149. The zero-order valence-electron chi connectivity index (χ0n) is 6.76. The summed E-state index contributed by atoms with van der Waals surface area (Å²) in [6.45, 7) is 0.985. The maximum Gasteiger partial charge on any atom is 0.131 e. The Kier molecular flexibility index (Phi) is 2.04. The van der Waals surface area contributed by atoms with Crippen LogP contribution in [0.1, 0.15) is 24.4 Å². The molecule has 0 aromatic carbocycles. The fraction of sp³-hybridized carbons (Fsp3) is 0.444. The number of hydrogen-bond donors (Lipinski definition) is 1. The predicted molar refractivity (Wildman–Crippen MR) is 44.2 cm³/mol. The highest BCUT2D eigenvalue weighted by Crippen LogP contribution is 2.23. The fourth-order valence-electron chi connectivity index (χ4n) is 1.60. The summed E-state index contributed by atoms with van der Waals surface area (Å²) in [5, 5.41) is 3.23. The monoisotopic (exact) mass is 166 g/mol. The molecule has 0 radical (unpaired) electrons. The van der Waals surface area contributed by atoms with Gasteiger partial charge < -0.3 is 5.32 Å². The van der Waals surface area contributed by atoms with Crippen molar-refractivity contribution in [2.75, 3.05) is 6.54 Å². The van der Waals surface area contributed by atoms with E-state index < -0.39 is 0 Å². The number of halogens is 1. The van der Waals surface area contributed by atoms with E-state index in [1.54, 1.807) is 6.20 Å². The molecule has 64 valence electrons. The second-order valence-corrected chi connectivity index (χ2v) is 3.05. The molecule has 1 aromatic heterocycles. The Labute approximate surface area is 70.8 Å². The average molecular weight is 166 g/mol. The highest BCUT2D eigenvalue weighted by Gasteiger charge is 2.18. The van der Waals surface area contributed by atoms with Crippen LogP contribution in [0.15, 0.2) is 18.5 Å². The molecule has 1 unspecified atom stereocenters. The standard InChI is InChI=1S/C9H11FN2/c10-8-3-5-11-6-7(8)9-2-1-4-12-9/h3,5-6,9,12H,1-2,4H2. The normalized spacial score (nSPS) is 22.9. The molecule has 1 fully saturated rings. The summed E-state index contributed by atoms with van der Waals surface area (Å²) in [6, 6.07) is 1.59. The first kappa shape index (κ1) is 7.68. The smallest absolute Gasteiger partial charge is 0.131 e. The molecule has 0 spiro atoms. The Balaban J connectivity index is 2.26. The molecule has 1 atom stereocenters. The molecule has 3 heteroatoms. The van der Waals surface area contributed by atoms with Crippen LogP contribution in [0.2, 0.25) is 0 Å². The zero-order valence-corrected chi connectivity index (χ0v) is 6.76. The van der Waals surface area contributed by atoms with Gasteiger partial charge in [0, 0.05) is 24.0 Å². The lowest BCUT2D eigenvalue weighted by molar-refractivity contribution is 0.555. The van der Waals surface area contributed by atoms with E-state index in [0.717, 1.165) is 19.4 Å². The lowest BCUT2D eigenvalue weighted by Gasteiger charge is -2.09.